The summed E-state index contributed by atoms with van der Waals surface area (Å²) in [6, 6.07) is 8.18. The van der Waals surface area contributed by atoms with E-state index in [1.165, 1.54) is 12.3 Å². The third-order valence-electron chi connectivity index (χ3n) is 2.82. The second-order valence-electron chi connectivity index (χ2n) is 4.17. The maximum Gasteiger partial charge on any atom is 0.317 e. The van der Waals surface area contributed by atoms with Crippen molar-refractivity contribution in [1.29, 1.82) is 0 Å². The van der Waals surface area contributed by atoms with Crippen molar-refractivity contribution in [3.63, 3.8) is 0 Å². The molecule has 1 N–H and O–H groups in total. The van der Waals surface area contributed by atoms with Crippen molar-refractivity contribution < 1.29 is 14.3 Å². The molecule has 0 bridgehead atoms. The van der Waals surface area contributed by atoms with E-state index in [1.54, 1.807) is 31.4 Å². The summed E-state index contributed by atoms with van der Waals surface area (Å²) in [7, 11) is 1.55. The van der Waals surface area contributed by atoms with Gasteiger partial charge in [0.05, 0.1) is 12.1 Å². The Morgan fingerprint density at radius 1 is 1.48 bits per heavy atom. The number of benzene rings is 1. The molecule has 0 atom stereocenters. The highest BCUT2D eigenvalue weighted by atomic mass is 127. The van der Waals surface area contributed by atoms with E-state index in [4.69, 9.17) is 16.3 Å². The molecule has 110 valence electrons. The Balaban J connectivity index is 2.15. The van der Waals surface area contributed by atoms with Crippen molar-refractivity contribution in [1.82, 2.24) is 5.32 Å². The van der Waals surface area contributed by atoms with E-state index in [0.29, 0.717) is 15.5 Å². The van der Waals surface area contributed by atoms with Crippen LogP contribution in [0.5, 0.6) is 5.75 Å². The quantitative estimate of drug-likeness (QED) is 0.471. The van der Waals surface area contributed by atoms with Gasteiger partial charge in [-0.3, -0.25) is 4.79 Å². The standard InChI is InChI=1S/C14H12ClIN2O3/c1-21-13-7-11(16)10(15)6-9(13)8-17-14(19)12-4-2-3-5-18(12)20/h2-7H,8H2,1H3,(H,17,19). The van der Waals surface area contributed by atoms with Crippen LogP contribution in [-0.2, 0) is 6.54 Å². The zero-order valence-corrected chi connectivity index (χ0v) is 14.0. The van der Waals surface area contributed by atoms with Gasteiger partial charge in [-0.2, -0.15) is 4.73 Å². The van der Waals surface area contributed by atoms with Crippen LogP contribution in [0.2, 0.25) is 5.02 Å². The molecule has 2 rings (SSSR count). The summed E-state index contributed by atoms with van der Waals surface area (Å²) in [6.45, 7) is 0.216. The van der Waals surface area contributed by atoms with Gasteiger partial charge in [-0.05, 0) is 40.8 Å². The number of aromatic nitrogens is 1. The Morgan fingerprint density at radius 3 is 2.90 bits per heavy atom. The maximum absolute atomic E-state index is 12.0. The first-order chi connectivity index (χ1) is 10.0. The molecule has 1 aromatic heterocycles. The fourth-order valence-corrected chi connectivity index (χ4v) is 2.39. The number of nitrogens with zero attached hydrogens (tertiary/aromatic N) is 1. The van der Waals surface area contributed by atoms with Crippen molar-refractivity contribution in [3.8, 4) is 5.75 Å². The highest BCUT2D eigenvalue weighted by Crippen LogP contribution is 2.28. The van der Waals surface area contributed by atoms with E-state index in [-0.39, 0.29) is 12.2 Å². The van der Waals surface area contributed by atoms with Gasteiger partial charge in [-0.25, -0.2) is 0 Å². The van der Waals surface area contributed by atoms with E-state index in [2.05, 4.69) is 27.9 Å². The van der Waals surface area contributed by atoms with E-state index < -0.39 is 5.91 Å². The number of methoxy groups -OCH3 is 1. The molecule has 2 aromatic rings. The minimum Gasteiger partial charge on any atom is -0.618 e. The maximum atomic E-state index is 12.0. The van der Waals surface area contributed by atoms with E-state index >= 15 is 0 Å². The fraction of sp³-hybridized carbons (Fsp3) is 0.143. The molecule has 0 radical (unpaired) electrons. The number of carbonyl (C=O) groups excluding carboxylic acids is 1. The van der Waals surface area contributed by atoms with Crippen LogP contribution < -0.4 is 14.8 Å². The number of hydrogen-bond acceptors (Lipinski definition) is 3. The minimum atomic E-state index is -0.456. The zero-order valence-electron chi connectivity index (χ0n) is 11.1. The third-order valence-corrected chi connectivity index (χ3v) is 4.34. The normalized spacial score (nSPS) is 10.2. The number of amides is 1. The van der Waals surface area contributed by atoms with Gasteiger partial charge >= 0.3 is 5.91 Å². The average molecular weight is 419 g/mol. The molecular weight excluding hydrogens is 407 g/mol. The SMILES string of the molecule is COc1cc(I)c(Cl)cc1CNC(=O)c1cccc[n+]1[O-]. The summed E-state index contributed by atoms with van der Waals surface area (Å²) in [5.74, 6) is 0.175. The van der Waals surface area contributed by atoms with E-state index in [1.807, 2.05) is 0 Å². The molecule has 0 saturated carbocycles. The Kier molecular flexibility index (Phi) is 5.24. The lowest BCUT2D eigenvalue weighted by Crippen LogP contribution is -2.38. The first kappa shape index (κ1) is 15.8. The Labute approximate surface area is 140 Å². The summed E-state index contributed by atoms with van der Waals surface area (Å²) in [6.07, 6.45) is 1.28. The van der Waals surface area contributed by atoms with Crippen LogP contribution in [0.15, 0.2) is 36.5 Å². The van der Waals surface area contributed by atoms with Crippen LogP contribution >= 0.6 is 34.2 Å². The number of halogens is 2. The summed E-state index contributed by atoms with van der Waals surface area (Å²) < 4.78 is 6.65. The van der Waals surface area contributed by atoms with Gasteiger partial charge in [0.2, 0.25) is 0 Å². The number of hydrogen-bond donors (Lipinski definition) is 1. The highest BCUT2D eigenvalue weighted by molar-refractivity contribution is 14.1. The van der Waals surface area contributed by atoms with Crippen molar-refractivity contribution in [2.24, 2.45) is 0 Å². The molecule has 21 heavy (non-hydrogen) atoms. The third kappa shape index (κ3) is 3.76. The van der Waals surface area contributed by atoms with Crippen LogP contribution in [0.1, 0.15) is 16.1 Å². The van der Waals surface area contributed by atoms with Crippen molar-refractivity contribution in [2.75, 3.05) is 7.11 Å². The second kappa shape index (κ2) is 6.95. The fourth-order valence-electron chi connectivity index (χ4n) is 1.77. The summed E-state index contributed by atoms with van der Waals surface area (Å²) in [5.41, 5.74) is 0.776. The largest absolute Gasteiger partial charge is 0.618 e. The van der Waals surface area contributed by atoms with Gasteiger partial charge < -0.3 is 15.3 Å². The molecule has 1 aromatic carbocycles. The molecule has 0 fully saturated rings. The molecular formula is C14H12ClIN2O3. The van der Waals surface area contributed by atoms with Crippen LogP contribution in [-0.4, -0.2) is 13.0 Å². The van der Waals surface area contributed by atoms with Gasteiger partial charge in [0.1, 0.15) is 5.75 Å². The zero-order chi connectivity index (χ0) is 15.4. The molecule has 0 saturated heterocycles. The molecule has 1 amide bonds. The van der Waals surface area contributed by atoms with Gasteiger partial charge in [0.25, 0.3) is 5.69 Å². The number of ether oxygens (including phenoxy) is 1. The Bertz CT molecular complexity index is 679. The van der Waals surface area contributed by atoms with Crippen molar-refractivity contribution >= 4 is 40.1 Å². The van der Waals surface area contributed by atoms with Gasteiger partial charge in [0.15, 0.2) is 6.20 Å². The lowest BCUT2D eigenvalue weighted by molar-refractivity contribution is -0.607. The second-order valence-corrected chi connectivity index (χ2v) is 5.74. The molecule has 1 heterocycles. The molecule has 0 unspecified atom stereocenters. The summed E-state index contributed by atoms with van der Waals surface area (Å²) in [5, 5.41) is 14.8. The van der Waals surface area contributed by atoms with Crippen molar-refractivity contribution in [2.45, 2.75) is 6.54 Å². The summed E-state index contributed by atoms with van der Waals surface area (Å²) >= 11 is 8.17. The molecule has 0 spiro atoms. The first-order valence-electron chi connectivity index (χ1n) is 6.01. The number of nitrogens with one attached hydrogen (secondary N) is 1. The van der Waals surface area contributed by atoms with Gasteiger partial charge in [-0.1, -0.05) is 11.6 Å². The van der Waals surface area contributed by atoms with Crippen LogP contribution in [0, 0.1) is 8.78 Å². The predicted molar refractivity (Wildman–Crippen MR) is 87.3 cm³/mol. The van der Waals surface area contributed by atoms with Crippen LogP contribution in [0.4, 0.5) is 0 Å². The molecule has 5 nitrogen and oxygen atoms in total. The smallest absolute Gasteiger partial charge is 0.317 e. The molecule has 0 aliphatic carbocycles. The number of pyridine rings is 1. The van der Waals surface area contributed by atoms with Crippen molar-refractivity contribution in [3.05, 3.63) is 61.6 Å². The van der Waals surface area contributed by atoms with Crippen LogP contribution in [0.3, 0.4) is 0 Å². The van der Waals surface area contributed by atoms with Gasteiger partial charge in [0, 0.05) is 27.8 Å². The average Bonchev–Trinajstić information content (AvgIpc) is 2.48. The Hall–Kier alpha value is -1.54. The minimum absolute atomic E-state index is 0.0353. The topological polar surface area (TPSA) is 65.3 Å². The van der Waals surface area contributed by atoms with Gasteiger partial charge in [-0.15, -0.1) is 0 Å². The molecule has 0 aliphatic heterocycles. The lowest BCUT2D eigenvalue weighted by Gasteiger charge is -2.11. The molecule has 7 heteroatoms. The van der Waals surface area contributed by atoms with E-state index in [0.717, 1.165) is 9.13 Å². The van der Waals surface area contributed by atoms with E-state index in [9.17, 15) is 10.0 Å². The number of carbonyl (C=O) groups is 1. The van der Waals surface area contributed by atoms with Crippen LogP contribution in [0.25, 0.3) is 0 Å². The number of rotatable bonds is 4. The first-order valence-corrected chi connectivity index (χ1v) is 7.47. The molecule has 0 aliphatic rings. The predicted octanol–water partition coefficient (Wildman–Crippen LogP) is 2.52. The Morgan fingerprint density at radius 2 is 2.24 bits per heavy atom. The lowest BCUT2D eigenvalue weighted by atomic mass is 10.2. The summed E-state index contributed by atoms with van der Waals surface area (Å²) in [4.78, 5) is 12.0. The monoisotopic (exact) mass is 418 g/mol. The highest BCUT2D eigenvalue weighted by Gasteiger charge is 2.16.